The average molecular weight is 212 g/mol. The molecule has 3 heteroatoms. The van der Waals surface area contributed by atoms with E-state index in [0.717, 1.165) is 30.5 Å². The lowest BCUT2D eigenvalue weighted by Gasteiger charge is -2.10. The predicted octanol–water partition coefficient (Wildman–Crippen LogP) is 2.33. The van der Waals surface area contributed by atoms with Crippen molar-refractivity contribution >= 4 is 11.6 Å². The van der Waals surface area contributed by atoms with E-state index < -0.39 is 0 Å². The van der Waals surface area contributed by atoms with Crippen LogP contribution in [0.4, 0.5) is 0 Å². The van der Waals surface area contributed by atoms with Gasteiger partial charge < -0.3 is 10.1 Å². The second-order valence-electron chi connectivity index (χ2n) is 3.62. The van der Waals surface area contributed by atoms with E-state index in [1.807, 2.05) is 24.3 Å². The molecule has 1 unspecified atom stereocenters. The Kier molecular flexibility index (Phi) is 3.27. The molecule has 1 aromatic rings. The van der Waals surface area contributed by atoms with Gasteiger partial charge in [-0.3, -0.25) is 0 Å². The Morgan fingerprint density at radius 2 is 2.14 bits per heavy atom. The highest BCUT2D eigenvalue weighted by atomic mass is 35.5. The largest absolute Gasteiger partial charge is 0.493 e. The molecule has 1 fully saturated rings. The fourth-order valence-corrected chi connectivity index (χ4v) is 1.73. The lowest BCUT2D eigenvalue weighted by molar-refractivity contribution is 0.260. The molecule has 1 aliphatic rings. The molecule has 1 saturated heterocycles. The molecule has 1 aromatic carbocycles. The van der Waals surface area contributed by atoms with E-state index in [0.29, 0.717) is 5.92 Å². The zero-order valence-corrected chi connectivity index (χ0v) is 8.76. The van der Waals surface area contributed by atoms with E-state index in [-0.39, 0.29) is 0 Å². The molecule has 0 aliphatic carbocycles. The van der Waals surface area contributed by atoms with E-state index in [1.165, 1.54) is 6.42 Å². The predicted molar refractivity (Wildman–Crippen MR) is 57.9 cm³/mol. The van der Waals surface area contributed by atoms with Crippen molar-refractivity contribution in [2.45, 2.75) is 6.42 Å². The first-order chi connectivity index (χ1) is 6.84. The Morgan fingerprint density at radius 3 is 2.79 bits per heavy atom. The van der Waals surface area contributed by atoms with Crippen LogP contribution in [0, 0.1) is 5.92 Å². The van der Waals surface area contributed by atoms with Crippen molar-refractivity contribution in [2.24, 2.45) is 5.92 Å². The molecule has 76 valence electrons. The molecule has 0 saturated carbocycles. The van der Waals surface area contributed by atoms with Crippen LogP contribution in [0.25, 0.3) is 0 Å². The number of ether oxygens (including phenoxy) is 1. The van der Waals surface area contributed by atoms with Gasteiger partial charge in [0.2, 0.25) is 0 Å². The van der Waals surface area contributed by atoms with Crippen molar-refractivity contribution in [2.75, 3.05) is 19.7 Å². The number of hydrogen-bond donors (Lipinski definition) is 1. The minimum absolute atomic E-state index is 0.658. The van der Waals surface area contributed by atoms with E-state index in [1.54, 1.807) is 0 Å². The summed E-state index contributed by atoms with van der Waals surface area (Å²) in [5.74, 6) is 1.56. The molecular weight excluding hydrogens is 198 g/mol. The van der Waals surface area contributed by atoms with Gasteiger partial charge in [-0.25, -0.2) is 0 Å². The molecule has 0 amide bonds. The number of halogens is 1. The second kappa shape index (κ2) is 4.67. The summed E-state index contributed by atoms with van der Waals surface area (Å²) >= 11 is 5.77. The molecule has 2 rings (SSSR count). The molecular formula is C11H14ClNO. The smallest absolute Gasteiger partial charge is 0.119 e. The van der Waals surface area contributed by atoms with Crippen LogP contribution in [-0.4, -0.2) is 19.7 Å². The second-order valence-corrected chi connectivity index (χ2v) is 4.06. The van der Waals surface area contributed by atoms with E-state index in [2.05, 4.69) is 5.32 Å². The minimum atomic E-state index is 0.658. The van der Waals surface area contributed by atoms with E-state index >= 15 is 0 Å². The Labute approximate surface area is 89.2 Å². The van der Waals surface area contributed by atoms with Crippen LogP contribution >= 0.6 is 11.6 Å². The lowest BCUT2D eigenvalue weighted by Crippen LogP contribution is -2.15. The first-order valence-electron chi connectivity index (χ1n) is 4.94. The normalized spacial score (nSPS) is 21.1. The van der Waals surface area contributed by atoms with Crippen molar-refractivity contribution < 1.29 is 4.74 Å². The molecule has 1 aliphatic heterocycles. The van der Waals surface area contributed by atoms with Crippen molar-refractivity contribution in [3.05, 3.63) is 29.3 Å². The lowest BCUT2D eigenvalue weighted by atomic mass is 10.1. The fourth-order valence-electron chi connectivity index (χ4n) is 1.60. The van der Waals surface area contributed by atoms with Gasteiger partial charge in [0.1, 0.15) is 5.75 Å². The van der Waals surface area contributed by atoms with Crippen LogP contribution in [0.5, 0.6) is 5.75 Å². The van der Waals surface area contributed by atoms with Gasteiger partial charge in [-0.15, -0.1) is 0 Å². The van der Waals surface area contributed by atoms with Gasteiger partial charge in [0, 0.05) is 17.5 Å². The van der Waals surface area contributed by atoms with Gasteiger partial charge in [0.25, 0.3) is 0 Å². The molecule has 0 radical (unpaired) electrons. The van der Waals surface area contributed by atoms with Gasteiger partial charge in [0.05, 0.1) is 6.61 Å². The third-order valence-corrected chi connectivity index (χ3v) is 2.71. The van der Waals surface area contributed by atoms with E-state index in [9.17, 15) is 0 Å². The van der Waals surface area contributed by atoms with Crippen LogP contribution in [0.1, 0.15) is 6.42 Å². The molecule has 2 nitrogen and oxygen atoms in total. The van der Waals surface area contributed by atoms with Crippen LogP contribution in [-0.2, 0) is 0 Å². The maximum absolute atomic E-state index is 5.77. The quantitative estimate of drug-likeness (QED) is 0.829. The van der Waals surface area contributed by atoms with Crippen molar-refractivity contribution in [3.63, 3.8) is 0 Å². The number of hydrogen-bond acceptors (Lipinski definition) is 2. The first-order valence-corrected chi connectivity index (χ1v) is 5.31. The molecule has 14 heavy (non-hydrogen) atoms. The van der Waals surface area contributed by atoms with Crippen molar-refractivity contribution in [1.82, 2.24) is 5.32 Å². The van der Waals surface area contributed by atoms with Crippen LogP contribution < -0.4 is 10.1 Å². The fraction of sp³-hybridized carbons (Fsp3) is 0.455. The highest BCUT2D eigenvalue weighted by Gasteiger charge is 2.14. The summed E-state index contributed by atoms with van der Waals surface area (Å²) in [5, 5.41) is 4.07. The van der Waals surface area contributed by atoms with Crippen LogP contribution in [0.3, 0.4) is 0 Å². The maximum atomic E-state index is 5.77. The Hall–Kier alpha value is -0.730. The monoisotopic (exact) mass is 211 g/mol. The van der Waals surface area contributed by atoms with E-state index in [4.69, 9.17) is 16.3 Å². The third kappa shape index (κ3) is 2.63. The third-order valence-electron chi connectivity index (χ3n) is 2.46. The van der Waals surface area contributed by atoms with Gasteiger partial charge in [-0.1, -0.05) is 11.6 Å². The number of nitrogens with one attached hydrogen (secondary N) is 1. The summed E-state index contributed by atoms with van der Waals surface area (Å²) in [6, 6.07) is 7.52. The summed E-state index contributed by atoms with van der Waals surface area (Å²) in [7, 11) is 0. The molecule has 0 bridgehead atoms. The van der Waals surface area contributed by atoms with Gasteiger partial charge in [-0.2, -0.15) is 0 Å². The minimum Gasteiger partial charge on any atom is -0.493 e. The topological polar surface area (TPSA) is 21.3 Å². The summed E-state index contributed by atoms with van der Waals surface area (Å²) in [6.45, 7) is 3.00. The van der Waals surface area contributed by atoms with Gasteiger partial charge in [-0.05, 0) is 37.2 Å². The summed E-state index contributed by atoms with van der Waals surface area (Å²) in [6.07, 6.45) is 1.22. The summed E-state index contributed by atoms with van der Waals surface area (Å²) < 4.78 is 5.65. The molecule has 1 N–H and O–H groups in total. The van der Waals surface area contributed by atoms with Crippen LogP contribution in [0.15, 0.2) is 24.3 Å². The Morgan fingerprint density at radius 1 is 1.36 bits per heavy atom. The highest BCUT2D eigenvalue weighted by Crippen LogP contribution is 2.17. The summed E-state index contributed by atoms with van der Waals surface area (Å²) in [5.41, 5.74) is 0. The number of benzene rings is 1. The molecule has 0 spiro atoms. The molecule has 1 atom stereocenters. The van der Waals surface area contributed by atoms with Gasteiger partial charge in [0.15, 0.2) is 0 Å². The maximum Gasteiger partial charge on any atom is 0.119 e. The zero-order valence-electron chi connectivity index (χ0n) is 8.00. The van der Waals surface area contributed by atoms with Crippen molar-refractivity contribution in [1.29, 1.82) is 0 Å². The average Bonchev–Trinajstić information content (AvgIpc) is 2.70. The molecule has 1 heterocycles. The Balaban J connectivity index is 1.82. The standard InChI is InChI=1S/C11H14ClNO/c12-10-1-3-11(4-2-10)14-8-9-5-6-13-7-9/h1-4,9,13H,5-8H2. The van der Waals surface area contributed by atoms with Crippen LogP contribution in [0.2, 0.25) is 5.02 Å². The number of rotatable bonds is 3. The molecule has 0 aromatic heterocycles. The van der Waals surface area contributed by atoms with Crippen molar-refractivity contribution in [3.8, 4) is 5.75 Å². The SMILES string of the molecule is Clc1ccc(OCC2CCNC2)cc1. The first kappa shape index (κ1) is 9.81. The highest BCUT2D eigenvalue weighted by molar-refractivity contribution is 6.30. The van der Waals surface area contributed by atoms with Gasteiger partial charge >= 0.3 is 0 Å². The Bertz CT molecular complexity index is 280. The zero-order chi connectivity index (χ0) is 9.80. The summed E-state index contributed by atoms with van der Waals surface area (Å²) in [4.78, 5) is 0.